The van der Waals surface area contributed by atoms with Gasteiger partial charge in [-0.2, -0.15) is 4.31 Å². The summed E-state index contributed by atoms with van der Waals surface area (Å²) < 4.78 is 26.5. The van der Waals surface area contributed by atoms with Gasteiger partial charge in [0.1, 0.15) is 0 Å². The molecule has 1 rings (SSSR count). The molecule has 0 atom stereocenters. The molecule has 3 N–H and O–H groups in total. The number of aryl methyl sites for hydroxylation is 1. The quantitative estimate of drug-likeness (QED) is 0.772. The van der Waals surface area contributed by atoms with Crippen LogP contribution in [0.15, 0.2) is 17.0 Å². The van der Waals surface area contributed by atoms with Crippen molar-refractivity contribution in [1.82, 2.24) is 4.31 Å². The van der Waals surface area contributed by atoms with E-state index in [-0.39, 0.29) is 18.0 Å². The van der Waals surface area contributed by atoms with Crippen molar-refractivity contribution in [3.63, 3.8) is 0 Å². The Kier molecular flexibility index (Phi) is 5.34. The van der Waals surface area contributed by atoms with Gasteiger partial charge in [0.15, 0.2) is 0 Å². The summed E-state index contributed by atoms with van der Waals surface area (Å²) in [4.78, 5) is 0.229. The van der Waals surface area contributed by atoms with Crippen LogP contribution in [0.25, 0.3) is 0 Å². The maximum atomic E-state index is 12.6. The summed E-state index contributed by atoms with van der Waals surface area (Å²) in [6.45, 7) is 5.79. The van der Waals surface area contributed by atoms with Crippen molar-refractivity contribution in [3.8, 4) is 0 Å². The van der Waals surface area contributed by atoms with Crippen LogP contribution in [-0.4, -0.2) is 37.5 Å². The van der Waals surface area contributed by atoms with Gasteiger partial charge in [-0.1, -0.05) is 6.92 Å². The third-order valence-electron chi connectivity index (χ3n) is 3.08. The number of hydrogen-bond donors (Lipinski definition) is 2. The molecular weight excluding hydrogens is 264 g/mol. The van der Waals surface area contributed by atoms with Gasteiger partial charge in [-0.25, -0.2) is 8.42 Å². The molecule has 0 aliphatic rings. The van der Waals surface area contributed by atoms with Gasteiger partial charge in [-0.15, -0.1) is 0 Å². The molecule has 0 saturated carbocycles. The molecule has 0 unspecified atom stereocenters. The van der Waals surface area contributed by atoms with E-state index >= 15 is 0 Å². The molecule has 0 aliphatic carbocycles. The Morgan fingerprint density at radius 1 is 1.26 bits per heavy atom. The van der Waals surface area contributed by atoms with Crippen molar-refractivity contribution < 1.29 is 13.5 Å². The van der Waals surface area contributed by atoms with Crippen molar-refractivity contribution in [2.75, 3.05) is 25.4 Å². The number of aliphatic hydroxyl groups excluding tert-OH is 1. The van der Waals surface area contributed by atoms with E-state index in [1.54, 1.807) is 13.0 Å². The van der Waals surface area contributed by atoms with Crippen LogP contribution < -0.4 is 5.73 Å². The first-order chi connectivity index (χ1) is 8.84. The van der Waals surface area contributed by atoms with Crippen LogP contribution in [0.4, 0.5) is 5.69 Å². The molecule has 0 spiro atoms. The average Bonchev–Trinajstić information content (AvgIpc) is 2.33. The fourth-order valence-electron chi connectivity index (χ4n) is 1.97. The highest BCUT2D eigenvalue weighted by Crippen LogP contribution is 2.25. The zero-order valence-electron chi connectivity index (χ0n) is 11.7. The minimum absolute atomic E-state index is 0.101. The van der Waals surface area contributed by atoms with E-state index in [4.69, 9.17) is 10.8 Å². The summed E-state index contributed by atoms with van der Waals surface area (Å²) in [5, 5.41) is 9.02. The first-order valence-electron chi connectivity index (χ1n) is 6.32. The van der Waals surface area contributed by atoms with Crippen LogP contribution in [0.3, 0.4) is 0 Å². The topological polar surface area (TPSA) is 83.6 Å². The zero-order valence-corrected chi connectivity index (χ0v) is 12.5. The lowest BCUT2D eigenvalue weighted by Gasteiger charge is -2.22. The summed E-state index contributed by atoms with van der Waals surface area (Å²) in [7, 11) is -3.61. The van der Waals surface area contributed by atoms with Crippen LogP contribution in [0.1, 0.15) is 24.5 Å². The summed E-state index contributed by atoms with van der Waals surface area (Å²) in [6.07, 6.45) is 0.694. The molecule has 108 valence electrons. The molecule has 0 radical (unpaired) electrons. The number of aliphatic hydroxyl groups is 1. The van der Waals surface area contributed by atoms with Crippen LogP contribution in [-0.2, 0) is 10.0 Å². The number of hydrogen-bond acceptors (Lipinski definition) is 4. The molecule has 0 amide bonds. The van der Waals surface area contributed by atoms with E-state index in [1.807, 2.05) is 13.8 Å². The van der Waals surface area contributed by atoms with Gasteiger partial charge >= 0.3 is 0 Å². The maximum absolute atomic E-state index is 12.6. The molecule has 6 heteroatoms. The smallest absolute Gasteiger partial charge is 0.243 e. The largest absolute Gasteiger partial charge is 0.399 e. The predicted octanol–water partition coefficient (Wildman–Crippen LogP) is 1.28. The van der Waals surface area contributed by atoms with Gasteiger partial charge in [-0.3, -0.25) is 0 Å². The van der Waals surface area contributed by atoms with Crippen LogP contribution in [0.5, 0.6) is 0 Å². The lowest BCUT2D eigenvalue weighted by molar-refractivity contribution is 0.253. The van der Waals surface area contributed by atoms with Crippen LogP contribution in [0, 0.1) is 13.8 Å². The monoisotopic (exact) mass is 286 g/mol. The standard InChI is InChI=1S/C13H22N2O3S/c1-4-5-15(6-7-16)19(17,18)13-9-12(14)8-10(2)11(13)3/h8-9,16H,4-7,14H2,1-3H3. The zero-order chi connectivity index (χ0) is 14.6. The van der Waals surface area contributed by atoms with E-state index in [2.05, 4.69) is 0 Å². The third kappa shape index (κ3) is 3.46. The Labute approximate surface area is 115 Å². The number of sulfonamides is 1. The number of anilines is 1. The summed E-state index contributed by atoms with van der Waals surface area (Å²) in [5.41, 5.74) is 7.72. The van der Waals surface area contributed by atoms with Crippen molar-refractivity contribution in [2.45, 2.75) is 32.1 Å². The lowest BCUT2D eigenvalue weighted by atomic mass is 10.1. The second kappa shape index (κ2) is 6.36. The maximum Gasteiger partial charge on any atom is 0.243 e. The highest BCUT2D eigenvalue weighted by atomic mass is 32.2. The molecule has 0 fully saturated rings. The van der Waals surface area contributed by atoms with Gasteiger partial charge in [-0.05, 0) is 43.5 Å². The van der Waals surface area contributed by atoms with Gasteiger partial charge in [0, 0.05) is 18.8 Å². The summed E-state index contributed by atoms with van der Waals surface area (Å²) in [6, 6.07) is 3.24. The number of nitrogens with two attached hydrogens (primary N) is 1. The Hall–Kier alpha value is -1.11. The molecular formula is C13H22N2O3S. The van der Waals surface area contributed by atoms with Crippen molar-refractivity contribution in [1.29, 1.82) is 0 Å². The van der Waals surface area contributed by atoms with Crippen LogP contribution >= 0.6 is 0 Å². The second-order valence-corrected chi connectivity index (χ2v) is 6.49. The Balaban J connectivity index is 3.32. The molecule has 0 bridgehead atoms. The van der Waals surface area contributed by atoms with E-state index in [9.17, 15) is 8.42 Å². The fourth-order valence-corrected chi connectivity index (χ4v) is 3.83. The van der Waals surface area contributed by atoms with E-state index in [0.717, 1.165) is 5.56 Å². The minimum atomic E-state index is -3.61. The second-order valence-electron chi connectivity index (χ2n) is 4.59. The van der Waals surface area contributed by atoms with Crippen molar-refractivity contribution >= 4 is 15.7 Å². The SMILES string of the molecule is CCCN(CCO)S(=O)(=O)c1cc(N)cc(C)c1C. The molecule has 0 aromatic heterocycles. The van der Waals surface area contributed by atoms with Gasteiger partial charge in [0.05, 0.1) is 11.5 Å². The lowest BCUT2D eigenvalue weighted by Crippen LogP contribution is -2.34. The number of nitrogen functional groups attached to an aromatic ring is 1. The third-order valence-corrected chi connectivity index (χ3v) is 5.11. The Morgan fingerprint density at radius 2 is 1.89 bits per heavy atom. The van der Waals surface area contributed by atoms with Crippen LogP contribution in [0.2, 0.25) is 0 Å². The molecule has 0 saturated heterocycles. The molecule has 0 aliphatic heterocycles. The predicted molar refractivity (Wildman–Crippen MR) is 76.5 cm³/mol. The van der Waals surface area contributed by atoms with E-state index < -0.39 is 10.0 Å². The molecule has 19 heavy (non-hydrogen) atoms. The van der Waals surface area contributed by atoms with E-state index in [0.29, 0.717) is 24.2 Å². The van der Waals surface area contributed by atoms with Gasteiger partial charge in [0.2, 0.25) is 10.0 Å². The van der Waals surface area contributed by atoms with E-state index in [1.165, 1.54) is 10.4 Å². The molecule has 1 aromatic carbocycles. The summed E-state index contributed by atoms with van der Waals surface area (Å²) >= 11 is 0. The average molecular weight is 286 g/mol. The number of nitrogens with zero attached hydrogens (tertiary/aromatic N) is 1. The summed E-state index contributed by atoms with van der Waals surface area (Å²) in [5.74, 6) is 0. The van der Waals surface area contributed by atoms with Gasteiger partial charge < -0.3 is 10.8 Å². The normalized spacial score (nSPS) is 12.1. The number of benzene rings is 1. The first kappa shape index (κ1) is 15.9. The highest BCUT2D eigenvalue weighted by Gasteiger charge is 2.25. The highest BCUT2D eigenvalue weighted by molar-refractivity contribution is 7.89. The van der Waals surface area contributed by atoms with Crippen molar-refractivity contribution in [3.05, 3.63) is 23.3 Å². The Bertz CT molecular complexity index is 535. The minimum Gasteiger partial charge on any atom is -0.399 e. The fraction of sp³-hybridized carbons (Fsp3) is 0.538. The molecule has 0 heterocycles. The first-order valence-corrected chi connectivity index (χ1v) is 7.76. The number of rotatable bonds is 6. The molecule has 1 aromatic rings. The van der Waals surface area contributed by atoms with Crippen molar-refractivity contribution in [2.24, 2.45) is 0 Å². The molecule has 5 nitrogen and oxygen atoms in total. The van der Waals surface area contributed by atoms with Gasteiger partial charge in [0.25, 0.3) is 0 Å². The Morgan fingerprint density at radius 3 is 2.42 bits per heavy atom.